The third-order valence-corrected chi connectivity index (χ3v) is 5.49. The second kappa shape index (κ2) is 9.40. The van der Waals surface area contributed by atoms with Crippen LogP contribution >= 0.6 is 12.4 Å². The zero-order chi connectivity index (χ0) is 21.2. The van der Waals surface area contributed by atoms with E-state index in [1.54, 1.807) is 0 Å². The number of nitrogens with two attached hydrogens (primary N) is 1. The Balaban J connectivity index is 0.00000420. The van der Waals surface area contributed by atoms with Gasteiger partial charge in [0.2, 0.25) is 11.8 Å². The van der Waals surface area contributed by atoms with Crippen LogP contribution in [-0.4, -0.2) is 62.1 Å². The number of hydrazine groups is 2. The lowest BCUT2D eigenvalue weighted by atomic mass is 9.89. The number of hydrogen-bond acceptors (Lipinski definition) is 6. The molecule has 11 nitrogen and oxygen atoms in total. The highest BCUT2D eigenvalue weighted by Crippen LogP contribution is 2.64. The number of amides is 3. The number of aliphatic carboxylic acids is 2. The minimum absolute atomic E-state index is 0. The quantitative estimate of drug-likeness (QED) is 0.397. The van der Waals surface area contributed by atoms with Crippen LogP contribution in [-0.2, 0) is 24.0 Å². The molecule has 0 saturated heterocycles. The molecule has 4 atom stereocenters. The van der Waals surface area contributed by atoms with E-state index in [0.29, 0.717) is 11.5 Å². The van der Waals surface area contributed by atoms with Crippen LogP contribution in [0.2, 0.25) is 0 Å². The van der Waals surface area contributed by atoms with E-state index >= 15 is 0 Å². The first-order valence-corrected chi connectivity index (χ1v) is 9.28. The smallest absolute Gasteiger partial charge is 0.332 e. The second-order valence-electron chi connectivity index (χ2n) is 7.01. The minimum atomic E-state index is -1.92. The highest BCUT2D eigenvalue weighted by molar-refractivity contribution is 5.92. The van der Waals surface area contributed by atoms with Crippen molar-refractivity contribution in [1.82, 2.24) is 15.6 Å². The average Bonchev–Trinajstić information content (AvgIpc) is 3.26. The summed E-state index contributed by atoms with van der Waals surface area (Å²) >= 11 is 0. The van der Waals surface area contributed by atoms with Crippen molar-refractivity contribution in [3.63, 3.8) is 0 Å². The zero-order valence-corrected chi connectivity index (χ0v) is 17.1. The summed E-state index contributed by atoms with van der Waals surface area (Å²) in [6.45, 7) is 2.99. The predicted molar refractivity (Wildman–Crippen MR) is 101 cm³/mol. The molecule has 0 bridgehead atoms. The summed E-state index contributed by atoms with van der Waals surface area (Å²) < 4.78 is 0. The largest absolute Gasteiger partial charge is 0.481 e. The maximum atomic E-state index is 12.8. The van der Waals surface area contributed by atoms with Gasteiger partial charge in [-0.2, -0.15) is 5.12 Å². The number of carboxylic acid groups (broad SMARTS) is 2. The van der Waals surface area contributed by atoms with Crippen molar-refractivity contribution >= 4 is 42.1 Å². The molecule has 2 fully saturated rings. The molecule has 0 unspecified atom stereocenters. The van der Waals surface area contributed by atoms with Crippen LogP contribution in [0.5, 0.6) is 0 Å². The van der Waals surface area contributed by atoms with E-state index in [0.717, 1.165) is 5.01 Å². The maximum Gasteiger partial charge on any atom is 0.332 e. The Morgan fingerprint density at radius 3 is 2.10 bits per heavy atom. The molecule has 0 aromatic carbocycles. The van der Waals surface area contributed by atoms with Gasteiger partial charge in [-0.05, 0) is 18.8 Å². The van der Waals surface area contributed by atoms with E-state index in [4.69, 9.17) is 5.73 Å². The Morgan fingerprint density at radius 2 is 1.69 bits per heavy atom. The Bertz CT molecular complexity index is 703. The van der Waals surface area contributed by atoms with Gasteiger partial charge in [-0.25, -0.2) is 15.2 Å². The zero-order valence-electron chi connectivity index (χ0n) is 16.3. The summed E-state index contributed by atoms with van der Waals surface area (Å²) in [5.74, 6) is -6.71. The van der Waals surface area contributed by atoms with E-state index in [2.05, 4.69) is 5.43 Å². The van der Waals surface area contributed by atoms with Crippen molar-refractivity contribution in [1.29, 1.82) is 0 Å². The monoisotopic (exact) mass is 434 g/mol. The number of carbonyl (C=O) groups is 5. The molecule has 0 aliphatic heterocycles. The van der Waals surface area contributed by atoms with E-state index in [-0.39, 0.29) is 50.6 Å². The average molecular weight is 435 g/mol. The van der Waals surface area contributed by atoms with E-state index in [1.807, 2.05) is 0 Å². The van der Waals surface area contributed by atoms with Gasteiger partial charge in [0.05, 0.1) is 5.92 Å². The molecule has 0 aromatic rings. The summed E-state index contributed by atoms with van der Waals surface area (Å²) in [7, 11) is 0. The fourth-order valence-corrected chi connectivity index (χ4v) is 4.20. The van der Waals surface area contributed by atoms with Crippen molar-refractivity contribution in [2.24, 2.45) is 23.5 Å². The van der Waals surface area contributed by atoms with E-state index in [9.17, 15) is 34.2 Å². The molecule has 3 amide bonds. The first-order chi connectivity index (χ1) is 13.2. The number of nitrogens with one attached hydrogen (secondary N) is 1. The second-order valence-corrected chi connectivity index (χ2v) is 7.01. The van der Waals surface area contributed by atoms with Crippen LogP contribution in [0, 0.1) is 17.8 Å². The molecular weight excluding hydrogens is 408 g/mol. The molecule has 2 saturated carbocycles. The van der Waals surface area contributed by atoms with Crippen molar-refractivity contribution < 1.29 is 34.2 Å². The van der Waals surface area contributed by atoms with Gasteiger partial charge in [0.15, 0.2) is 5.54 Å². The Morgan fingerprint density at radius 1 is 1.10 bits per heavy atom. The maximum absolute atomic E-state index is 12.8. The third kappa shape index (κ3) is 4.15. The molecule has 29 heavy (non-hydrogen) atoms. The predicted octanol–water partition coefficient (Wildman–Crippen LogP) is -0.256. The number of carbonyl (C=O) groups excluding carboxylic acids is 3. The number of carboxylic acids is 2. The highest BCUT2D eigenvalue weighted by Gasteiger charge is 2.75. The van der Waals surface area contributed by atoms with Gasteiger partial charge >= 0.3 is 11.9 Å². The van der Waals surface area contributed by atoms with E-state index in [1.165, 1.54) is 13.8 Å². The molecule has 0 heterocycles. The molecule has 164 valence electrons. The summed E-state index contributed by atoms with van der Waals surface area (Å²) in [5.41, 5.74) is 5.72. The Kier molecular flexibility index (Phi) is 7.98. The number of halogens is 1. The highest BCUT2D eigenvalue weighted by atomic mass is 35.5. The lowest BCUT2D eigenvalue weighted by Crippen LogP contribution is -2.69. The molecule has 2 aliphatic carbocycles. The van der Waals surface area contributed by atoms with Crippen LogP contribution < -0.4 is 11.2 Å². The molecule has 2 rings (SSSR count). The van der Waals surface area contributed by atoms with Crippen molar-refractivity contribution in [2.45, 2.75) is 51.5 Å². The summed E-state index contributed by atoms with van der Waals surface area (Å²) in [4.78, 5) is 61.3. The lowest BCUT2D eigenvalue weighted by Gasteiger charge is -2.45. The van der Waals surface area contributed by atoms with Crippen molar-refractivity contribution in [3.8, 4) is 0 Å². The van der Waals surface area contributed by atoms with Crippen LogP contribution in [0.3, 0.4) is 0 Å². The van der Waals surface area contributed by atoms with Gasteiger partial charge < -0.3 is 15.9 Å². The van der Waals surface area contributed by atoms with E-state index < -0.39 is 47.0 Å². The normalized spacial score (nSPS) is 26.5. The molecule has 12 heteroatoms. The van der Waals surface area contributed by atoms with Crippen LogP contribution in [0.25, 0.3) is 0 Å². The molecule has 0 radical (unpaired) electrons. The van der Waals surface area contributed by atoms with Crippen LogP contribution in [0.1, 0.15) is 46.0 Å². The lowest BCUT2D eigenvalue weighted by molar-refractivity contribution is -0.201. The number of nitrogens with zero attached hydrogens (tertiary/aromatic N) is 2. The van der Waals surface area contributed by atoms with Gasteiger partial charge in [0.1, 0.15) is 0 Å². The summed E-state index contributed by atoms with van der Waals surface area (Å²) in [6, 6.07) is 0. The van der Waals surface area contributed by atoms with Gasteiger partial charge in [-0.1, -0.05) is 13.8 Å². The Hall–Kier alpha value is -2.40. The molecule has 2 aliphatic rings. The molecule has 0 spiro atoms. The summed E-state index contributed by atoms with van der Waals surface area (Å²) in [5, 5.41) is 20.9. The SMILES string of the molecule is CCC(=O)N(NC(=O)CCN)N(C(=O)CC)[C@@]1(C(=O)O)CC[C@H]2[C@H](C(=O)O)[C@H]21.Cl. The van der Waals surface area contributed by atoms with Gasteiger partial charge in [-0.15, -0.1) is 12.4 Å². The Labute approximate surface area is 173 Å². The van der Waals surface area contributed by atoms with Gasteiger partial charge in [-0.3, -0.25) is 19.2 Å². The molecule has 5 N–H and O–H groups in total. The topological polar surface area (TPSA) is 170 Å². The fourth-order valence-electron chi connectivity index (χ4n) is 4.20. The van der Waals surface area contributed by atoms with Crippen molar-refractivity contribution in [3.05, 3.63) is 0 Å². The van der Waals surface area contributed by atoms with Gasteiger partial charge in [0, 0.05) is 31.7 Å². The number of hydrogen-bond donors (Lipinski definition) is 4. The van der Waals surface area contributed by atoms with Crippen LogP contribution in [0.4, 0.5) is 0 Å². The van der Waals surface area contributed by atoms with Crippen molar-refractivity contribution in [2.75, 3.05) is 6.54 Å². The summed E-state index contributed by atoms with van der Waals surface area (Å²) in [6.07, 6.45) is -0.0851. The number of fused-ring (bicyclic) bond motifs is 1. The molecular formula is C17H27ClN4O7. The van der Waals surface area contributed by atoms with Gasteiger partial charge in [0.25, 0.3) is 5.91 Å². The number of rotatable bonds is 7. The third-order valence-electron chi connectivity index (χ3n) is 5.49. The first-order valence-electron chi connectivity index (χ1n) is 9.28. The minimum Gasteiger partial charge on any atom is -0.481 e. The fraction of sp³-hybridized carbons (Fsp3) is 0.706. The van der Waals surface area contributed by atoms with Crippen LogP contribution in [0.15, 0.2) is 0 Å². The standard InChI is InChI=1S/C17H26N4O7.ClH/c1-3-11(23)20(21(12(24)4-2)19-10(22)6-8-18)17(16(27)28)7-5-9-13(14(9)17)15(25)26;/h9,13-14H,3-8,18H2,1-2H3,(H,19,22)(H,25,26)(H,27,28);1H/t9-,13-,14-,17-;/m0./s1. The first kappa shape index (κ1) is 24.6. The molecule has 0 aromatic heterocycles.